The Kier molecular flexibility index (Phi) is 5.82. The Hall–Kier alpha value is -2.94. The molecular formula is C24H28ClN7O. The van der Waals surface area contributed by atoms with Gasteiger partial charge in [0, 0.05) is 66.4 Å². The van der Waals surface area contributed by atoms with Crippen LogP contribution in [0.15, 0.2) is 36.7 Å². The number of rotatable bonds is 5. The van der Waals surface area contributed by atoms with E-state index in [1.807, 2.05) is 51.4 Å². The molecule has 0 saturated carbocycles. The number of anilines is 2. The summed E-state index contributed by atoms with van der Waals surface area (Å²) < 4.78 is 3.87. The molecule has 1 aliphatic heterocycles. The van der Waals surface area contributed by atoms with Crippen molar-refractivity contribution in [3.8, 4) is 5.82 Å². The number of nitrogens with one attached hydrogen (secondary N) is 1. The van der Waals surface area contributed by atoms with Crippen molar-refractivity contribution in [1.82, 2.24) is 29.2 Å². The van der Waals surface area contributed by atoms with Gasteiger partial charge in [0.25, 0.3) is 0 Å². The van der Waals surface area contributed by atoms with Crippen molar-refractivity contribution in [3.63, 3.8) is 0 Å². The van der Waals surface area contributed by atoms with E-state index in [1.165, 1.54) is 0 Å². The highest BCUT2D eigenvalue weighted by Crippen LogP contribution is 2.32. The third-order valence-electron chi connectivity index (χ3n) is 6.42. The summed E-state index contributed by atoms with van der Waals surface area (Å²) in [5.74, 6) is 1.18. The van der Waals surface area contributed by atoms with Crippen LogP contribution in [-0.4, -0.2) is 53.5 Å². The molecule has 9 heteroatoms. The molecular weight excluding hydrogens is 438 g/mol. The average Bonchev–Trinajstić information content (AvgIpc) is 3.27. The number of β-amino-alcohol motifs (C(OH)–C–C–N with tert-alkyl or cyclic N) is 1. The van der Waals surface area contributed by atoms with Gasteiger partial charge in [-0.1, -0.05) is 11.6 Å². The van der Waals surface area contributed by atoms with Crippen LogP contribution in [0.3, 0.4) is 0 Å². The summed E-state index contributed by atoms with van der Waals surface area (Å²) >= 11 is 6.51. The smallest absolute Gasteiger partial charge is 0.229 e. The van der Waals surface area contributed by atoms with E-state index < -0.39 is 0 Å². The fraction of sp³-hybridized carbons (Fsp3) is 0.375. The second-order valence-corrected chi connectivity index (χ2v) is 9.15. The molecule has 1 atom stereocenters. The number of aryl methyl sites for hydroxylation is 2. The zero-order valence-electron chi connectivity index (χ0n) is 19.1. The molecule has 1 aromatic carbocycles. The molecule has 1 aliphatic rings. The molecule has 0 spiro atoms. The predicted octanol–water partition coefficient (Wildman–Crippen LogP) is 4.12. The van der Waals surface area contributed by atoms with Gasteiger partial charge in [-0.25, -0.2) is 9.67 Å². The Morgan fingerprint density at radius 3 is 2.91 bits per heavy atom. The van der Waals surface area contributed by atoms with Crippen molar-refractivity contribution >= 4 is 34.1 Å². The highest BCUT2D eigenvalue weighted by molar-refractivity contribution is 6.36. The molecule has 1 saturated heterocycles. The van der Waals surface area contributed by atoms with Gasteiger partial charge in [0.05, 0.1) is 16.8 Å². The number of piperidine rings is 1. The fourth-order valence-electron chi connectivity index (χ4n) is 4.45. The van der Waals surface area contributed by atoms with Gasteiger partial charge in [-0.2, -0.15) is 10.1 Å². The normalized spacial score (nSPS) is 17.1. The number of likely N-dealkylation sites (tertiary alicyclic amines) is 1. The Morgan fingerprint density at radius 2 is 2.09 bits per heavy atom. The number of aliphatic hydroxyl groups is 1. The molecule has 5 rings (SSSR count). The molecule has 33 heavy (non-hydrogen) atoms. The lowest BCUT2D eigenvalue weighted by Crippen LogP contribution is -2.37. The van der Waals surface area contributed by atoms with Gasteiger partial charge in [-0.05, 0) is 51.4 Å². The number of aromatic nitrogens is 5. The van der Waals surface area contributed by atoms with Crippen LogP contribution in [0, 0.1) is 13.8 Å². The summed E-state index contributed by atoms with van der Waals surface area (Å²) in [7, 11) is 2.01. The lowest BCUT2D eigenvalue weighted by atomic mass is 10.1. The number of nitrogens with zero attached hydrogens (tertiary/aromatic N) is 6. The first-order chi connectivity index (χ1) is 15.9. The molecule has 4 heterocycles. The van der Waals surface area contributed by atoms with Crippen molar-refractivity contribution in [3.05, 3.63) is 58.6 Å². The first kappa shape index (κ1) is 21.9. The summed E-state index contributed by atoms with van der Waals surface area (Å²) in [6, 6.07) is 7.90. The monoisotopic (exact) mass is 465 g/mol. The van der Waals surface area contributed by atoms with Crippen LogP contribution in [0.2, 0.25) is 5.02 Å². The number of hydrogen-bond donors (Lipinski definition) is 2. The third kappa shape index (κ3) is 4.34. The summed E-state index contributed by atoms with van der Waals surface area (Å²) in [5, 5.41) is 19.7. The lowest BCUT2D eigenvalue weighted by Gasteiger charge is -2.29. The summed E-state index contributed by atoms with van der Waals surface area (Å²) in [6.45, 7) is 6.50. The molecule has 4 aromatic rings. The van der Waals surface area contributed by atoms with Crippen LogP contribution in [0.4, 0.5) is 11.6 Å². The van der Waals surface area contributed by atoms with Crippen LogP contribution in [0.25, 0.3) is 16.7 Å². The second-order valence-electron chi connectivity index (χ2n) is 8.77. The number of benzene rings is 1. The van der Waals surface area contributed by atoms with E-state index in [4.69, 9.17) is 11.6 Å². The first-order valence-electron chi connectivity index (χ1n) is 11.2. The van der Waals surface area contributed by atoms with Gasteiger partial charge in [0.2, 0.25) is 5.95 Å². The molecule has 1 unspecified atom stereocenters. The van der Waals surface area contributed by atoms with Gasteiger partial charge in [-0.15, -0.1) is 0 Å². The molecule has 8 nitrogen and oxygen atoms in total. The second kappa shape index (κ2) is 8.78. The molecule has 0 aliphatic carbocycles. The van der Waals surface area contributed by atoms with Gasteiger partial charge < -0.3 is 15.0 Å². The van der Waals surface area contributed by atoms with E-state index in [1.54, 1.807) is 10.9 Å². The van der Waals surface area contributed by atoms with Crippen molar-refractivity contribution in [2.24, 2.45) is 7.05 Å². The number of halogens is 1. The molecule has 0 radical (unpaired) electrons. The van der Waals surface area contributed by atoms with Crippen molar-refractivity contribution < 1.29 is 5.11 Å². The van der Waals surface area contributed by atoms with Crippen LogP contribution in [0.1, 0.15) is 29.8 Å². The van der Waals surface area contributed by atoms with E-state index in [9.17, 15) is 5.11 Å². The maximum atomic E-state index is 9.96. The molecule has 3 aromatic heterocycles. The molecule has 1 fully saturated rings. The largest absolute Gasteiger partial charge is 0.392 e. The highest BCUT2D eigenvalue weighted by Gasteiger charge is 2.19. The predicted molar refractivity (Wildman–Crippen MR) is 130 cm³/mol. The third-order valence-corrected chi connectivity index (χ3v) is 6.90. The minimum Gasteiger partial charge on any atom is -0.392 e. The van der Waals surface area contributed by atoms with Gasteiger partial charge in [0.1, 0.15) is 0 Å². The van der Waals surface area contributed by atoms with Gasteiger partial charge >= 0.3 is 0 Å². The van der Waals surface area contributed by atoms with Crippen molar-refractivity contribution in [1.29, 1.82) is 0 Å². The fourth-order valence-corrected chi connectivity index (χ4v) is 4.73. The van der Waals surface area contributed by atoms with Crippen LogP contribution in [-0.2, 0) is 13.6 Å². The lowest BCUT2D eigenvalue weighted by molar-refractivity contribution is 0.0667. The van der Waals surface area contributed by atoms with E-state index in [0.717, 1.165) is 64.5 Å². The van der Waals surface area contributed by atoms with Crippen LogP contribution in [0.5, 0.6) is 0 Å². The summed E-state index contributed by atoms with van der Waals surface area (Å²) in [6.07, 6.45) is 5.41. The van der Waals surface area contributed by atoms with Crippen LogP contribution >= 0.6 is 11.6 Å². The quantitative estimate of drug-likeness (QED) is 0.461. The molecule has 0 bridgehead atoms. The maximum absolute atomic E-state index is 9.96. The van der Waals surface area contributed by atoms with E-state index >= 15 is 0 Å². The minimum atomic E-state index is -0.237. The highest BCUT2D eigenvalue weighted by atomic mass is 35.5. The van der Waals surface area contributed by atoms with Gasteiger partial charge in [0.15, 0.2) is 5.82 Å². The Balaban J connectivity index is 1.36. The number of aliphatic hydroxyl groups excluding tert-OH is 1. The maximum Gasteiger partial charge on any atom is 0.229 e. The minimum absolute atomic E-state index is 0.237. The molecule has 2 N–H and O–H groups in total. The summed E-state index contributed by atoms with van der Waals surface area (Å²) in [5.41, 5.74) is 5.08. The standard InChI is InChI=1S/C24H28ClN7O/c1-15-17(12-31-10-4-5-19(33)14-31)13-32(29-15)22-8-9-26-24(28-22)27-18-6-7-21-20(11-18)23(25)16(2)30(21)3/h6-9,11,13,19,33H,4-5,10,12,14H2,1-3H3,(H,26,27,28). The van der Waals surface area contributed by atoms with Crippen molar-refractivity contribution in [2.45, 2.75) is 39.3 Å². The Bertz CT molecular complexity index is 1310. The Labute approximate surface area is 197 Å². The molecule has 0 amide bonds. The van der Waals surface area contributed by atoms with E-state index in [2.05, 4.69) is 29.9 Å². The van der Waals surface area contributed by atoms with E-state index in [0.29, 0.717) is 18.3 Å². The first-order valence-corrected chi connectivity index (χ1v) is 11.6. The zero-order valence-corrected chi connectivity index (χ0v) is 19.8. The number of fused-ring (bicyclic) bond motifs is 1. The Morgan fingerprint density at radius 1 is 1.24 bits per heavy atom. The zero-order chi connectivity index (χ0) is 23.1. The van der Waals surface area contributed by atoms with Gasteiger partial charge in [-0.3, -0.25) is 4.90 Å². The van der Waals surface area contributed by atoms with E-state index in [-0.39, 0.29) is 6.10 Å². The molecule has 172 valence electrons. The SMILES string of the molecule is Cc1nn(-c2ccnc(Nc3ccc4c(c3)c(Cl)c(C)n4C)n2)cc1CN1CCCC(O)C1. The van der Waals surface area contributed by atoms with Crippen LogP contribution < -0.4 is 5.32 Å². The number of hydrogen-bond acceptors (Lipinski definition) is 6. The van der Waals surface area contributed by atoms with Crippen molar-refractivity contribution in [2.75, 3.05) is 18.4 Å². The topological polar surface area (TPSA) is 84.0 Å². The summed E-state index contributed by atoms with van der Waals surface area (Å²) in [4.78, 5) is 11.3. The average molecular weight is 466 g/mol.